The molecule has 4 nitrogen and oxygen atoms in total. The summed E-state index contributed by atoms with van der Waals surface area (Å²) < 4.78 is 0. The molecule has 0 aliphatic carbocycles. The third kappa shape index (κ3) is 3.14. The Bertz CT molecular complexity index is 626. The summed E-state index contributed by atoms with van der Waals surface area (Å²) >= 11 is 1.64. The molecule has 2 atom stereocenters. The topological polar surface area (TPSA) is 53.4 Å². The molecule has 1 aromatic carbocycles. The average Bonchev–Trinajstić information content (AvgIpc) is 3.07. The largest absolute Gasteiger partial charge is 0.481 e. The fourth-order valence-electron chi connectivity index (χ4n) is 2.84. The molecule has 1 fully saturated rings. The predicted octanol–water partition coefficient (Wildman–Crippen LogP) is 2.96. The van der Waals surface area contributed by atoms with Crippen molar-refractivity contribution in [1.29, 1.82) is 0 Å². The van der Waals surface area contributed by atoms with Crippen LogP contribution in [0.25, 0.3) is 10.6 Å². The van der Waals surface area contributed by atoms with Crippen molar-refractivity contribution in [2.75, 3.05) is 13.1 Å². The minimum absolute atomic E-state index is 0.203. The molecule has 1 aliphatic heterocycles. The Balaban J connectivity index is 1.67. The molecule has 0 radical (unpaired) electrons. The van der Waals surface area contributed by atoms with Gasteiger partial charge in [-0.1, -0.05) is 37.3 Å². The highest BCUT2D eigenvalue weighted by molar-refractivity contribution is 7.13. The Morgan fingerprint density at radius 2 is 2.14 bits per heavy atom. The lowest BCUT2D eigenvalue weighted by molar-refractivity contribution is -0.142. The fraction of sp³-hybridized carbons (Fsp3) is 0.375. The van der Waals surface area contributed by atoms with Gasteiger partial charge in [0.2, 0.25) is 0 Å². The molecule has 0 saturated carbocycles. The number of hydrogen-bond acceptors (Lipinski definition) is 4. The Morgan fingerprint density at radius 1 is 1.38 bits per heavy atom. The molecule has 21 heavy (non-hydrogen) atoms. The third-order valence-electron chi connectivity index (χ3n) is 3.96. The minimum Gasteiger partial charge on any atom is -0.481 e. The molecule has 110 valence electrons. The number of benzene rings is 1. The number of aromatic nitrogens is 1. The molecule has 1 saturated heterocycles. The van der Waals surface area contributed by atoms with Crippen molar-refractivity contribution in [2.45, 2.75) is 13.5 Å². The number of carbonyl (C=O) groups is 1. The second-order valence-electron chi connectivity index (χ2n) is 5.63. The van der Waals surface area contributed by atoms with E-state index in [0.29, 0.717) is 6.54 Å². The highest BCUT2D eigenvalue weighted by Gasteiger charge is 2.34. The normalized spacial score (nSPS) is 22.5. The quantitative estimate of drug-likeness (QED) is 0.943. The monoisotopic (exact) mass is 302 g/mol. The van der Waals surface area contributed by atoms with Crippen LogP contribution in [0.2, 0.25) is 0 Å². The molecular formula is C16H18N2O2S. The lowest BCUT2D eigenvalue weighted by atomic mass is 9.99. The van der Waals surface area contributed by atoms with E-state index in [1.165, 1.54) is 0 Å². The number of aliphatic carboxylic acids is 1. The predicted molar refractivity (Wildman–Crippen MR) is 83.1 cm³/mol. The van der Waals surface area contributed by atoms with Crippen molar-refractivity contribution in [3.63, 3.8) is 0 Å². The van der Waals surface area contributed by atoms with Crippen LogP contribution in [0.5, 0.6) is 0 Å². The van der Waals surface area contributed by atoms with Gasteiger partial charge in [0.1, 0.15) is 5.01 Å². The van der Waals surface area contributed by atoms with Crippen molar-refractivity contribution in [1.82, 2.24) is 9.88 Å². The molecule has 0 amide bonds. The zero-order valence-electron chi connectivity index (χ0n) is 11.9. The van der Waals surface area contributed by atoms with Gasteiger partial charge in [-0.15, -0.1) is 11.3 Å². The zero-order chi connectivity index (χ0) is 14.8. The maximum absolute atomic E-state index is 11.2. The lowest BCUT2D eigenvalue weighted by Crippen LogP contribution is -2.23. The van der Waals surface area contributed by atoms with Crippen LogP contribution in [0.3, 0.4) is 0 Å². The summed E-state index contributed by atoms with van der Waals surface area (Å²) in [6.45, 7) is 4.19. The summed E-state index contributed by atoms with van der Waals surface area (Å²) in [6, 6.07) is 10.1. The van der Waals surface area contributed by atoms with Gasteiger partial charge >= 0.3 is 5.97 Å². The summed E-state index contributed by atoms with van der Waals surface area (Å²) in [6.07, 6.45) is 0. The van der Waals surface area contributed by atoms with Gasteiger partial charge in [-0.3, -0.25) is 9.69 Å². The second kappa shape index (κ2) is 5.95. The van der Waals surface area contributed by atoms with E-state index in [9.17, 15) is 9.90 Å². The SMILES string of the molecule is C[C@@H]1CN(Cc2csc(-c3ccccc3)n2)C[C@H]1C(=O)O. The minimum atomic E-state index is -0.687. The van der Waals surface area contributed by atoms with Gasteiger partial charge in [-0.05, 0) is 5.92 Å². The third-order valence-corrected chi connectivity index (χ3v) is 4.90. The Hall–Kier alpha value is -1.72. The molecular weight excluding hydrogens is 284 g/mol. The zero-order valence-corrected chi connectivity index (χ0v) is 12.7. The molecule has 1 aromatic heterocycles. The van der Waals surface area contributed by atoms with Crippen LogP contribution in [0.1, 0.15) is 12.6 Å². The average molecular weight is 302 g/mol. The smallest absolute Gasteiger partial charge is 0.308 e. The van der Waals surface area contributed by atoms with Crippen LogP contribution in [0.4, 0.5) is 0 Å². The maximum Gasteiger partial charge on any atom is 0.308 e. The Morgan fingerprint density at radius 3 is 2.81 bits per heavy atom. The summed E-state index contributed by atoms with van der Waals surface area (Å²) in [5.74, 6) is -0.736. The van der Waals surface area contributed by atoms with Crippen molar-refractivity contribution < 1.29 is 9.90 Å². The standard InChI is InChI=1S/C16H18N2O2S/c1-11-7-18(9-14(11)16(19)20)8-13-10-21-15(17-13)12-5-3-2-4-6-12/h2-6,10-11,14H,7-9H2,1H3,(H,19,20)/t11-,14-/m1/s1. The van der Waals surface area contributed by atoms with Gasteiger partial charge in [-0.25, -0.2) is 4.98 Å². The first-order valence-corrected chi connectivity index (χ1v) is 7.96. The lowest BCUT2D eigenvalue weighted by Gasteiger charge is -2.13. The van der Waals surface area contributed by atoms with Crippen molar-refractivity contribution in [2.24, 2.45) is 11.8 Å². The molecule has 0 unspecified atom stereocenters. The van der Waals surface area contributed by atoms with Crippen LogP contribution in [0.15, 0.2) is 35.7 Å². The van der Waals surface area contributed by atoms with Crippen molar-refractivity contribution in [3.8, 4) is 10.6 Å². The van der Waals surface area contributed by atoms with Gasteiger partial charge < -0.3 is 5.11 Å². The van der Waals surface area contributed by atoms with Gasteiger partial charge in [-0.2, -0.15) is 0 Å². The number of nitrogens with zero attached hydrogens (tertiary/aromatic N) is 2. The van der Waals surface area contributed by atoms with E-state index in [2.05, 4.69) is 27.4 Å². The van der Waals surface area contributed by atoms with Crippen LogP contribution < -0.4 is 0 Å². The number of thiazole rings is 1. The number of carboxylic acid groups (broad SMARTS) is 1. The molecule has 5 heteroatoms. The molecule has 1 N–H and O–H groups in total. The Labute approximate surface area is 128 Å². The van der Waals surface area contributed by atoms with Gasteiger partial charge in [0.05, 0.1) is 11.6 Å². The van der Waals surface area contributed by atoms with E-state index in [0.717, 1.165) is 29.4 Å². The van der Waals surface area contributed by atoms with Crippen LogP contribution in [-0.2, 0) is 11.3 Å². The highest BCUT2D eigenvalue weighted by Crippen LogP contribution is 2.27. The number of carboxylic acids is 1. The molecule has 2 aromatic rings. The first kappa shape index (κ1) is 14.2. The van der Waals surface area contributed by atoms with E-state index in [1.807, 2.05) is 25.1 Å². The molecule has 3 rings (SSSR count). The molecule has 0 bridgehead atoms. The second-order valence-corrected chi connectivity index (χ2v) is 6.48. The summed E-state index contributed by atoms with van der Waals surface area (Å²) in [7, 11) is 0. The van der Waals surface area contributed by atoms with E-state index < -0.39 is 5.97 Å². The number of likely N-dealkylation sites (tertiary alicyclic amines) is 1. The number of hydrogen-bond donors (Lipinski definition) is 1. The first-order valence-electron chi connectivity index (χ1n) is 7.08. The van der Waals surface area contributed by atoms with Crippen LogP contribution in [-0.4, -0.2) is 34.0 Å². The van der Waals surface area contributed by atoms with E-state index in [-0.39, 0.29) is 11.8 Å². The van der Waals surface area contributed by atoms with Crippen molar-refractivity contribution >= 4 is 17.3 Å². The summed E-state index contributed by atoms with van der Waals surface area (Å²) in [5, 5.41) is 12.3. The van der Waals surface area contributed by atoms with Crippen LogP contribution >= 0.6 is 11.3 Å². The van der Waals surface area contributed by atoms with Crippen molar-refractivity contribution in [3.05, 3.63) is 41.4 Å². The summed E-state index contributed by atoms with van der Waals surface area (Å²) in [5.41, 5.74) is 2.16. The fourth-order valence-corrected chi connectivity index (χ4v) is 3.66. The maximum atomic E-state index is 11.2. The molecule has 2 heterocycles. The van der Waals surface area contributed by atoms with Crippen LogP contribution in [0, 0.1) is 11.8 Å². The van der Waals surface area contributed by atoms with E-state index in [1.54, 1.807) is 11.3 Å². The highest BCUT2D eigenvalue weighted by atomic mass is 32.1. The molecule has 0 spiro atoms. The summed E-state index contributed by atoms with van der Waals surface area (Å²) in [4.78, 5) is 18.0. The Kier molecular flexibility index (Phi) is 4.03. The van der Waals surface area contributed by atoms with E-state index >= 15 is 0 Å². The van der Waals surface area contributed by atoms with Gasteiger partial charge in [0, 0.05) is 30.6 Å². The van der Waals surface area contributed by atoms with Gasteiger partial charge in [0.15, 0.2) is 0 Å². The molecule has 1 aliphatic rings. The number of rotatable bonds is 4. The van der Waals surface area contributed by atoms with Gasteiger partial charge in [0.25, 0.3) is 0 Å². The first-order chi connectivity index (χ1) is 10.1. The van der Waals surface area contributed by atoms with E-state index in [4.69, 9.17) is 0 Å².